The number of aromatic nitrogens is 1. The number of hydrogen-bond donors (Lipinski definition) is 0. The number of hydrogen-bond acceptors (Lipinski definition) is 3. The number of carbonyl (C=O) groups is 1. The average Bonchev–Trinajstić information content (AvgIpc) is 3.05. The van der Waals surface area contributed by atoms with Gasteiger partial charge in [0.15, 0.2) is 0 Å². The summed E-state index contributed by atoms with van der Waals surface area (Å²) in [6.45, 7) is 2.23. The van der Waals surface area contributed by atoms with Crippen LogP contribution in [-0.4, -0.2) is 22.4 Å². The van der Waals surface area contributed by atoms with E-state index in [0.29, 0.717) is 6.42 Å². The Morgan fingerprint density at radius 2 is 1.62 bits per heavy atom. The van der Waals surface area contributed by atoms with Gasteiger partial charge in [-0.25, -0.2) is 0 Å². The van der Waals surface area contributed by atoms with Gasteiger partial charge < -0.3 is 0 Å². The first kappa shape index (κ1) is 24.3. The molecule has 3 aromatic rings. The molecule has 5 heteroatoms. The SMILES string of the molecule is CCCSCCCCC1(Cc2ccncc2)C(=O)N(c2ccccc2)c2ccccc21.Cl. The highest BCUT2D eigenvalue weighted by atomic mass is 35.5. The molecule has 1 amide bonds. The van der Waals surface area contributed by atoms with Gasteiger partial charge in [0.25, 0.3) is 0 Å². The van der Waals surface area contributed by atoms with E-state index in [1.54, 1.807) is 0 Å². The Morgan fingerprint density at radius 3 is 2.38 bits per heavy atom. The van der Waals surface area contributed by atoms with Crippen LogP contribution in [0.1, 0.15) is 43.7 Å². The molecule has 0 N–H and O–H groups in total. The minimum Gasteiger partial charge on any atom is -0.280 e. The summed E-state index contributed by atoms with van der Waals surface area (Å²) < 4.78 is 0. The van der Waals surface area contributed by atoms with Crippen LogP contribution in [0.3, 0.4) is 0 Å². The third-order valence-electron chi connectivity index (χ3n) is 6.03. The van der Waals surface area contributed by atoms with E-state index in [2.05, 4.69) is 30.1 Å². The molecule has 0 bridgehead atoms. The van der Waals surface area contributed by atoms with Crippen molar-refractivity contribution < 1.29 is 4.79 Å². The van der Waals surface area contributed by atoms with Crippen molar-refractivity contribution >= 4 is 41.5 Å². The van der Waals surface area contributed by atoms with Crippen molar-refractivity contribution in [1.29, 1.82) is 0 Å². The van der Waals surface area contributed by atoms with Gasteiger partial charge in [-0.15, -0.1) is 12.4 Å². The molecule has 168 valence electrons. The normalized spacial score (nSPS) is 17.2. The number of pyridine rings is 1. The van der Waals surface area contributed by atoms with Gasteiger partial charge >= 0.3 is 0 Å². The van der Waals surface area contributed by atoms with E-state index in [1.165, 1.54) is 12.2 Å². The molecule has 0 saturated heterocycles. The van der Waals surface area contributed by atoms with E-state index in [1.807, 2.05) is 77.6 Å². The van der Waals surface area contributed by atoms with E-state index in [9.17, 15) is 4.79 Å². The Hall–Kier alpha value is -2.30. The Balaban J connectivity index is 0.00000289. The second-order valence-electron chi connectivity index (χ2n) is 8.18. The van der Waals surface area contributed by atoms with Crippen molar-refractivity contribution in [2.45, 2.75) is 44.4 Å². The zero-order valence-electron chi connectivity index (χ0n) is 18.6. The highest BCUT2D eigenvalue weighted by molar-refractivity contribution is 7.99. The lowest BCUT2D eigenvalue weighted by Crippen LogP contribution is -2.40. The van der Waals surface area contributed by atoms with Gasteiger partial charge in [-0.3, -0.25) is 14.7 Å². The van der Waals surface area contributed by atoms with Crippen LogP contribution in [-0.2, 0) is 16.6 Å². The van der Waals surface area contributed by atoms with Crippen LogP contribution in [0.15, 0.2) is 79.1 Å². The summed E-state index contributed by atoms with van der Waals surface area (Å²) in [5.41, 5.74) is 3.74. The maximum atomic E-state index is 14.2. The summed E-state index contributed by atoms with van der Waals surface area (Å²) in [5, 5.41) is 0. The summed E-state index contributed by atoms with van der Waals surface area (Å²) in [6.07, 6.45) is 8.62. The minimum atomic E-state index is -0.538. The standard InChI is InChI=1S/C27H30N2OS.ClH/c1-2-19-31-20-9-8-16-27(21-22-14-17-28-18-15-22)24-12-6-7-13-25(24)29(26(27)30)23-10-4-3-5-11-23;/h3-7,10-15,17-18H,2,8-9,16,19-21H2,1H3;1H. The molecule has 0 aliphatic carbocycles. The van der Waals surface area contributed by atoms with E-state index in [4.69, 9.17) is 0 Å². The molecule has 3 nitrogen and oxygen atoms in total. The summed E-state index contributed by atoms with van der Waals surface area (Å²) in [4.78, 5) is 20.3. The third kappa shape index (κ3) is 5.02. The van der Waals surface area contributed by atoms with Crippen LogP contribution in [0, 0.1) is 0 Å². The number of para-hydroxylation sites is 2. The first-order chi connectivity index (χ1) is 15.3. The molecule has 0 fully saturated rings. The summed E-state index contributed by atoms with van der Waals surface area (Å²) in [5.74, 6) is 2.57. The van der Waals surface area contributed by atoms with E-state index >= 15 is 0 Å². The van der Waals surface area contributed by atoms with Gasteiger partial charge in [-0.1, -0.05) is 49.7 Å². The highest BCUT2D eigenvalue weighted by Gasteiger charge is 2.50. The van der Waals surface area contributed by atoms with E-state index < -0.39 is 5.41 Å². The molecule has 1 aromatic heterocycles. The molecular weight excluding hydrogens is 436 g/mol. The molecular formula is C27H31ClN2OS. The third-order valence-corrected chi connectivity index (χ3v) is 7.31. The smallest absolute Gasteiger partial charge is 0.242 e. The predicted molar refractivity (Wildman–Crippen MR) is 138 cm³/mol. The fourth-order valence-electron chi connectivity index (χ4n) is 4.57. The fraction of sp³-hybridized carbons (Fsp3) is 0.333. The molecule has 0 radical (unpaired) electrons. The van der Waals surface area contributed by atoms with Crippen LogP contribution >= 0.6 is 24.2 Å². The molecule has 0 spiro atoms. The minimum absolute atomic E-state index is 0. The highest BCUT2D eigenvalue weighted by Crippen LogP contribution is 2.49. The van der Waals surface area contributed by atoms with Crippen LogP contribution in [0.4, 0.5) is 11.4 Å². The number of carbonyl (C=O) groups excluding carboxylic acids is 1. The number of benzene rings is 2. The number of thioether (sulfide) groups is 1. The number of fused-ring (bicyclic) bond motifs is 1. The topological polar surface area (TPSA) is 33.2 Å². The monoisotopic (exact) mass is 466 g/mol. The van der Waals surface area contributed by atoms with Gasteiger partial charge in [0.1, 0.15) is 0 Å². The zero-order valence-corrected chi connectivity index (χ0v) is 20.2. The molecule has 1 atom stereocenters. The Kier molecular flexibility index (Phi) is 8.77. The lowest BCUT2D eigenvalue weighted by atomic mass is 9.73. The van der Waals surface area contributed by atoms with Crippen molar-refractivity contribution in [3.63, 3.8) is 0 Å². The van der Waals surface area contributed by atoms with Crippen molar-refractivity contribution in [3.8, 4) is 0 Å². The van der Waals surface area contributed by atoms with Crippen LogP contribution in [0.25, 0.3) is 0 Å². The molecule has 32 heavy (non-hydrogen) atoms. The maximum Gasteiger partial charge on any atom is 0.242 e. The van der Waals surface area contributed by atoms with Crippen LogP contribution < -0.4 is 4.90 Å². The number of nitrogens with zero attached hydrogens (tertiary/aromatic N) is 2. The van der Waals surface area contributed by atoms with Crippen molar-refractivity contribution in [1.82, 2.24) is 4.98 Å². The van der Waals surface area contributed by atoms with E-state index in [-0.39, 0.29) is 18.3 Å². The van der Waals surface area contributed by atoms with Gasteiger partial charge in [0, 0.05) is 18.1 Å². The predicted octanol–water partition coefficient (Wildman–Crippen LogP) is 6.98. The number of halogens is 1. The van der Waals surface area contributed by atoms with Gasteiger partial charge in [-0.05, 0) is 78.6 Å². The van der Waals surface area contributed by atoms with Crippen molar-refractivity contribution in [2.75, 3.05) is 16.4 Å². The van der Waals surface area contributed by atoms with Gasteiger partial charge in [0.2, 0.25) is 5.91 Å². The molecule has 4 rings (SSSR count). The Labute approximate surface area is 202 Å². The number of rotatable bonds is 10. The molecule has 2 heterocycles. The average molecular weight is 467 g/mol. The largest absolute Gasteiger partial charge is 0.280 e. The quantitative estimate of drug-likeness (QED) is 0.302. The summed E-state index contributed by atoms with van der Waals surface area (Å²) in [7, 11) is 0. The lowest BCUT2D eigenvalue weighted by molar-refractivity contribution is -0.122. The first-order valence-electron chi connectivity index (χ1n) is 11.2. The second-order valence-corrected chi connectivity index (χ2v) is 9.40. The zero-order chi connectivity index (χ0) is 21.5. The van der Waals surface area contributed by atoms with Crippen LogP contribution in [0.5, 0.6) is 0 Å². The van der Waals surface area contributed by atoms with Crippen LogP contribution in [0.2, 0.25) is 0 Å². The van der Waals surface area contributed by atoms with E-state index in [0.717, 1.165) is 47.5 Å². The second kappa shape index (κ2) is 11.5. The Bertz CT molecular complexity index is 999. The van der Waals surface area contributed by atoms with Gasteiger partial charge in [0.05, 0.1) is 11.1 Å². The van der Waals surface area contributed by atoms with Crippen molar-refractivity contribution in [2.24, 2.45) is 0 Å². The lowest BCUT2D eigenvalue weighted by Gasteiger charge is -2.29. The molecule has 1 unspecified atom stereocenters. The first-order valence-corrected chi connectivity index (χ1v) is 12.4. The van der Waals surface area contributed by atoms with Gasteiger partial charge in [-0.2, -0.15) is 11.8 Å². The number of amides is 1. The Morgan fingerprint density at radius 1 is 0.906 bits per heavy atom. The molecule has 0 saturated carbocycles. The fourth-order valence-corrected chi connectivity index (χ4v) is 5.47. The number of unbranched alkanes of at least 4 members (excludes halogenated alkanes) is 1. The molecule has 1 aliphatic heterocycles. The summed E-state index contributed by atoms with van der Waals surface area (Å²) in [6, 6.07) is 22.5. The molecule has 1 aliphatic rings. The van der Waals surface area contributed by atoms with Crippen molar-refractivity contribution in [3.05, 3.63) is 90.3 Å². The number of anilines is 2. The maximum absolute atomic E-state index is 14.2. The summed E-state index contributed by atoms with van der Waals surface area (Å²) >= 11 is 2.02. The molecule has 2 aromatic carbocycles.